The molecule has 0 saturated carbocycles. The topological polar surface area (TPSA) is 85.1 Å². The Labute approximate surface area is 211 Å². The molecular formula is C28H32N6O2. The van der Waals surface area contributed by atoms with E-state index >= 15 is 0 Å². The number of hydrogen-bond acceptors (Lipinski definition) is 4. The van der Waals surface area contributed by atoms with E-state index in [9.17, 15) is 9.59 Å². The summed E-state index contributed by atoms with van der Waals surface area (Å²) < 4.78 is 1.79. The summed E-state index contributed by atoms with van der Waals surface area (Å²) in [7, 11) is 3.67. The van der Waals surface area contributed by atoms with E-state index in [1.165, 1.54) is 4.80 Å². The number of carbonyl (C=O) groups excluding carboxylic acids is 2. The molecule has 0 bridgehead atoms. The molecule has 4 rings (SSSR count). The summed E-state index contributed by atoms with van der Waals surface area (Å²) in [5, 5.41) is 11.5. The first-order valence-corrected chi connectivity index (χ1v) is 12.1. The second-order valence-electron chi connectivity index (χ2n) is 9.07. The van der Waals surface area contributed by atoms with Gasteiger partial charge in [0, 0.05) is 38.8 Å². The Balaban J connectivity index is 1.59. The van der Waals surface area contributed by atoms with Crippen LogP contribution in [0.3, 0.4) is 0 Å². The summed E-state index contributed by atoms with van der Waals surface area (Å²) in [4.78, 5) is 29.8. The molecule has 0 aliphatic carbocycles. The minimum atomic E-state index is -0.160. The molecule has 2 amide bonds. The fourth-order valence-corrected chi connectivity index (χ4v) is 4.56. The number of likely N-dealkylation sites (N-methyl/N-ethyl adjacent to an activating group) is 1. The number of nitrogens with one attached hydrogen (secondary N) is 1. The molecule has 8 nitrogen and oxygen atoms in total. The highest BCUT2D eigenvalue weighted by Gasteiger charge is 2.29. The zero-order valence-corrected chi connectivity index (χ0v) is 21.1. The lowest BCUT2D eigenvalue weighted by Gasteiger charge is -2.34. The average molecular weight is 485 g/mol. The fourth-order valence-electron chi connectivity index (χ4n) is 4.56. The highest BCUT2D eigenvalue weighted by molar-refractivity contribution is 5.98. The van der Waals surface area contributed by atoms with Gasteiger partial charge in [-0.05, 0) is 43.2 Å². The van der Waals surface area contributed by atoms with Crippen molar-refractivity contribution in [2.24, 2.45) is 7.05 Å². The molecule has 2 aromatic carbocycles. The Morgan fingerprint density at radius 2 is 1.75 bits per heavy atom. The second kappa shape index (κ2) is 11.0. The van der Waals surface area contributed by atoms with Gasteiger partial charge in [-0.3, -0.25) is 9.59 Å². The fraction of sp³-hybridized carbons (Fsp3) is 0.286. The monoisotopic (exact) mass is 484 g/mol. The molecule has 2 heterocycles. The van der Waals surface area contributed by atoms with Crippen LogP contribution in [0.15, 0.2) is 79.3 Å². The highest BCUT2D eigenvalue weighted by atomic mass is 16.2. The Bertz CT molecular complexity index is 1310. The summed E-state index contributed by atoms with van der Waals surface area (Å²) in [5.74, 6) is -0.205. The zero-order chi connectivity index (χ0) is 25.7. The van der Waals surface area contributed by atoms with Gasteiger partial charge in [-0.25, -0.2) is 0 Å². The van der Waals surface area contributed by atoms with Crippen LogP contribution in [-0.2, 0) is 7.05 Å². The third-order valence-electron chi connectivity index (χ3n) is 6.64. The van der Waals surface area contributed by atoms with Gasteiger partial charge in [0.25, 0.3) is 11.8 Å². The number of hydrogen-bond donors (Lipinski definition) is 1. The summed E-state index contributed by atoms with van der Waals surface area (Å²) in [5.41, 5.74) is 3.87. The summed E-state index contributed by atoms with van der Waals surface area (Å²) in [6, 6.07) is 19.3. The van der Waals surface area contributed by atoms with Gasteiger partial charge in [-0.15, -0.1) is 0 Å². The quantitative estimate of drug-likeness (QED) is 0.389. The van der Waals surface area contributed by atoms with E-state index in [-0.39, 0.29) is 23.8 Å². The van der Waals surface area contributed by atoms with Gasteiger partial charge in [0.1, 0.15) is 5.69 Å². The van der Waals surface area contributed by atoms with E-state index in [0.29, 0.717) is 29.9 Å². The van der Waals surface area contributed by atoms with Gasteiger partial charge in [-0.2, -0.15) is 15.0 Å². The number of aryl methyl sites for hydroxylation is 2. The number of aromatic nitrogens is 4. The van der Waals surface area contributed by atoms with Crippen molar-refractivity contribution in [2.75, 3.05) is 13.6 Å². The Kier molecular flexibility index (Phi) is 7.63. The molecule has 0 aliphatic heterocycles. The molecule has 0 fully saturated rings. The molecule has 186 valence electrons. The Hall–Kier alpha value is -4.20. The first-order chi connectivity index (χ1) is 17.4. The lowest BCUT2D eigenvalue weighted by atomic mass is 9.89. The van der Waals surface area contributed by atoms with Crippen molar-refractivity contribution < 1.29 is 9.59 Å². The van der Waals surface area contributed by atoms with Crippen molar-refractivity contribution >= 4 is 11.8 Å². The molecule has 2 unspecified atom stereocenters. The third-order valence-corrected chi connectivity index (χ3v) is 6.64. The van der Waals surface area contributed by atoms with Crippen LogP contribution in [0.5, 0.6) is 0 Å². The first kappa shape index (κ1) is 24.9. The molecule has 36 heavy (non-hydrogen) atoms. The summed E-state index contributed by atoms with van der Waals surface area (Å²) in [6.07, 6.45) is 5.62. The summed E-state index contributed by atoms with van der Waals surface area (Å²) >= 11 is 0. The molecule has 0 saturated heterocycles. The normalized spacial score (nSPS) is 12.7. The van der Waals surface area contributed by atoms with E-state index in [0.717, 1.165) is 11.1 Å². The number of nitrogens with zero attached hydrogens (tertiary/aromatic N) is 5. The maximum Gasteiger partial charge on any atom is 0.267 e. The van der Waals surface area contributed by atoms with Crippen molar-refractivity contribution in [2.45, 2.75) is 32.2 Å². The van der Waals surface area contributed by atoms with Crippen LogP contribution in [0.2, 0.25) is 0 Å². The Morgan fingerprint density at radius 1 is 1.03 bits per heavy atom. The minimum absolute atomic E-state index is 0.0446. The van der Waals surface area contributed by atoms with Gasteiger partial charge >= 0.3 is 0 Å². The molecular weight excluding hydrogens is 452 g/mol. The number of rotatable bonds is 9. The van der Waals surface area contributed by atoms with Gasteiger partial charge in [0.2, 0.25) is 0 Å². The first-order valence-electron chi connectivity index (χ1n) is 12.1. The SMILES string of the molecule is Cc1ccc(-n2nccn2)c(C(=O)N(C)C(CCNC(=O)c2cccn2C)C(C)c2ccccc2)c1. The predicted octanol–water partition coefficient (Wildman–Crippen LogP) is 3.98. The second-order valence-corrected chi connectivity index (χ2v) is 9.07. The molecule has 8 heteroatoms. The smallest absolute Gasteiger partial charge is 0.267 e. The van der Waals surface area contributed by atoms with Crippen LogP contribution in [0.25, 0.3) is 5.69 Å². The highest BCUT2D eigenvalue weighted by Crippen LogP contribution is 2.27. The standard InChI is InChI=1S/C28H32N6O2/c1-20-12-13-25(34-30-16-17-31-34)23(19-20)28(36)33(4)24(21(2)22-9-6-5-7-10-22)14-15-29-27(35)26-11-8-18-32(26)3/h5-13,16-19,21,24H,14-15H2,1-4H3,(H,29,35). The maximum atomic E-state index is 13.9. The van der Waals surface area contributed by atoms with Crippen LogP contribution in [0, 0.1) is 6.92 Å². The molecule has 2 atom stereocenters. The van der Waals surface area contributed by atoms with Crippen molar-refractivity contribution in [3.05, 3.63) is 102 Å². The largest absolute Gasteiger partial charge is 0.351 e. The van der Waals surface area contributed by atoms with Crippen molar-refractivity contribution in [3.8, 4) is 5.69 Å². The van der Waals surface area contributed by atoms with E-state index in [1.807, 2.05) is 69.7 Å². The molecule has 0 radical (unpaired) electrons. The van der Waals surface area contributed by atoms with E-state index in [2.05, 4.69) is 34.6 Å². The number of carbonyl (C=O) groups is 2. The van der Waals surface area contributed by atoms with Crippen LogP contribution >= 0.6 is 0 Å². The zero-order valence-electron chi connectivity index (χ0n) is 21.1. The minimum Gasteiger partial charge on any atom is -0.351 e. The van der Waals surface area contributed by atoms with Crippen molar-refractivity contribution in [1.29, 1.82) is 0 Å². The lowest BCUT2D eigenvalue weighted by Crippen LogP contribution is -2.43. The van der Waals surface area contributed by atoms with Crippen LogP contribution in [0.1, 0.15) is 51.2 Å². The van der Waals surface area contributed by atoms with Gasteiger partial charge < -0.3 is 14.8 Å². The van der Waals surface area contributed by atoms with Gasteiger partial charge in [0.15, 0.2) is 0 Å². The molecule has 0 aliphatic rings. The van der Waals surface area contributed by atoms with Gasteiger partial charge in [0.05, 0.1) is 23.6 Å². The maximum absolute atomic E-state index is 13.9. The average Bonchev–Trinajstić information content (AvgIpc) is 3.58. The van der Waals surface area contributed by atoms with Crippen LogP contribution in [0.4, 0.5) is 0 Å². The van der Waals surface area contributed by atoms with E-state index < -0.39 is 0 Å². The molecule has 1 N–H and O–H groups in total. The van der Waals surface area contributed by atoms with E-state index in [1.54, 1.807) is 27.9 Å². The molecule has 2 aromatic heterocycles. The lowest BCUT2D eigenvalue weighted by molar-refractivity contribution is 0.0701. The van der Waals surface area contributed by atoms with E-state index in [4.69, 9.17) is 0 Å². The van der Waals surface area contributed by atoms with Crippen LogP contribution < -0.4 is 5.32 Å². The number of benzene rings is 2. The summed E-state index contributed by atoms with van der Waals surface area (Å²) in [6.45, 7) is 4.51. The molecule has 4 aromatic rings. The third kappa shape index (κ3) is 5.38. The van der Waals surface area contributed by atoms with Crippen LogP contribution in [-0.4, -0.2) is 55.9 Å². The van der Waals surface area contributed by atoms with Gasteiger partial charge in [-0.1, -0.05) is 48.9 Å². The predicted molar refractivity (Wildman–Crippen MR) is 139 cm³/mol. The van der Waals surface area contributed by atoms with Crippen molar-refractivity contribution in [1.82, 2.24) is 29.8 Å². The molecule has 0 spiro atoms. The van der Waals surface area contributed by atoms with Crippen molar-refractivity contribution in [3.63, 3.8) is 0 Å². The Morgan fingerprint density at radius 3 is 2.42 bits per heavy atom. The number of amides is 2.